The number of benzene rings is 1. The largest absolute Gasteiger partial charge is 0.322 e. The summed E-state index contributed by atoms with van der Waals surface area (Å²) in [4.78, 5) is 19.6. The highest BCUT2D eigenvalue weighted by atomic mass is 79.9. The van der Waals surface area contributed by atoms with Gasteiger partial charge in [-0.15, -0.1) is 0 Å². The van der Waals surface area contributed by atoms with Gasteiger partial charge in [-0.1, -0.05) is 15.9 Å². The van der Waals surface area contributed by atoms with Crippen LogP contribution in [0.2, 0.25) is 0 Å². The maximum atomic E-state index is 11.9. The minimum absolute atomic E-state index is 0.211. The maximum Gasteiger partial charge on any atom is 0.258 e. The summed E-state index contributed by atoms with van der Waals surface area (Å²) in [7, 11) is 0. The molecule has 0 saturated heterocycles. The van der Waals surface area contributed by atoms with Crippen molar-refractivity contribution < 1.29 is 4.79 Å². The summed E-state index contributed by atoms with van der Waals surface area (Å²) in [6.07, 6.45) is 4.37. The molecule has 1 N–H and O–H groups in total. The number of carbonyl (C=O) groups excluding carboxylic acids is 1. The van der Waals surface area contributed by atoms with Crippen LogP contribution in [0.15, 0.2) is 35.3 Å². The Hall–Kier alpha value is -1.75. The lowest BCUT2D eigenvalue weighted by atomic mass is 10.1. The van der Waals surface area contributed by atoms with Crippen LogP contribution in [0.1, 0.15) is 21.5 Å². The molecule has 1 aromatic heterocycles. The van der Waals surface area contributed by atoms with Gasteiger partial charge in [0.05, 0.1) is 5.56 Å². The molecule has 5 heteroatoms. The van der Waals surface area contributed by atoms with Crippen LogP contribution in [-0.4, -0.2) is 15.9 Å². The number of hydrogen-bond donors (Lipinski definition) is 1. The molecule has 18 heavy (non-hydrogen) atoms. The summed E-state index contributed by atoms with van der Waals surface area (Å²) >= 11 is 3.49. The molecule has 0 radical (unpaired) electrons. The molecule has 1 heterocycles. The summed E-state index contributed by atoms with van der Waals surface area (Å²) in [5, 5.41) is 2.83. The molecule has 0 fully saturated rings. The molecule has 92 valence electrons. The van der Waals surface area contributed by atoms with Crippen LogP contribution in [0.25, 0.3) is 0 Å². The van der Waals surface area contributed by atoms with Crippen LogP contribution in [0.5, 0.6) is 0 Å². The highest BCUT2D eigenvalue weighted by molar-refractivity contribution is 9.10. The topological polar surface area (TPSA) is 54.9 Å². The summed E-state index contributed by atoms with van der Waals surface area (Å²) in [5.41, 5.74) is 3.36. The van der Waals surface area contributed by atoms with Crippen molar-refractivity contribution in [3.05, 3.63) is 52.0 Å². The van der Waals surface area contributed by atoms with E-state index in [9.17, 15) is 4.79 Å². The Kier molecular flexibility index (Phi) is 3.72. The van der Waals surface area contributed by atoms with Crippen molar-refractivity contribution in [3.8, 4) is 0 Å². The summed E-state index contributed by atoms with van der Waals surface area (Å²) in [5.74, 6) is -0.211. The van der Waals surface area contributed by atoms with E-state index < -0.39 is 0 Å². The second kappa shape index (κ2) is 5.27. The highest BCUT2D eigenvalue weighted by Gasteiger charge is 2.08. The normalized spacial score (nSPS) is 10.2. The van der Waals surface area contributed by atoms with Crippen LogP contribution in [0, 0.1) is 13.8 Å². The van der Waals surface area contributed by atoms with Crippen molar-refractivity contribution in [1.29, 1.82) is 0 Å². The number of halogens is 1. The Morgan fingerprint density at radius 1 is 1.17 bits per heavy atom. The van der Waals surface area contributed by atoms with Crippen molar-refractivity contribution in [2.24, 2.45) is 0 Å². The highest BCUT2D eigenvalue weighted by Crippen LogP contribution is 2.25. The van der Waals surface area contributed by atoms with Crippen molar-refractivity contribution in [3.63, 3.8) is 0 Å². The van der Waals surface area contributed by atoms with Gasteiger partial charge in [0.2, 0.25) is 0 Å². The Morgan fingerprint density at radius 2 is 1.72 bits per heavy atom. The molecule has 0 aliphatic heterocycles. The number of hydrogen-bond acceptors (Lipinski definition) is 3. The number of nitrogens with zero attached hydrogens (tertiary/aromatic N) is 2. The van der Waals surface area contributed by atoms with Crippen LogP contribution in [-0.2, 0) is 0 Å². The molecule has 0 atom stereocenters. The van der Waals surface area contributed by atoms with E-state index >= 15 is 0 Å². The minimum Gasteiger partial charge on any atom is -0.322 e. The summed E-state index contributed by atoms with van der Waals surface area (Å²) in [6.45, 7) is 3.97. The predicted octanol–water partition coefficient (Wildman–Crippen LogP) is 3.11. The number of aromatic nitrogens is 2. The van der Waals surface area contributed by atoms with Crippen LogP contribution < -0.4 is 5.32 Å². The number of amides is 1. The maximum absolute atomic E-state index is 11.9. The molecule has 4 nitrogen and oxygen atoms in total. The second-order valence-electron chi connectivity index (χ2n) is 4.01. The van der Waals surface area contributed by atoms with E-state index in [0.29, 0.717) is 5.56 Å². The SMILES string of the molecule is Cc1cc(NC(=O)c2cncnc2)cc(C)c1Br. The predicted molar refractivity (Wildman–Crippen MR) is 73.6 cm³/mol. The van der Waals surface area contributed by atoms with Crippen molar-refractivity contribution in [1.82, 2.24) is 9.97 Å². The molecule has 0 spiro atoms. The van der Waals surface area contributed by atoms with Crippen LogP contribution in [0.3, 0.4) is 0 Å². The number of anilines is 1. The lowest BCUT2D eigenvalue weighted by Crippen LogP contribution is -2.12. The average Bonchev–Trinajstić information content (AvgIpc) is 2.37. The quantitative estimate of drug-likeness (QED) is 0.927. The van der Waals surface area contributed by atoms with E-state index in [2.05, 4.69) is 31.2 Å². The van der Waals surface area contributed by atoms with Gasteiger partial charge in [-0.2, -0.15) is 0 Å². The van der Waals surface area contributed by atoms with Gasteiger partial charge in [0.15, 0.2) is 0 Å². The standard InChI is InChI=1S/C13H12BrN3O/c1-8-3-11(4-9(2)12(8)14)17-13(18)10-5-15-7-16-6-10/h3-7H,1-2H3,(H,17,18). The van der Waals surface area contributed by atoms with E-state index in [4.69, 9.17) is 0 Å². The lowest BCUT2D eigenvalue weighted by Gasteiger charge is -2.09. The van der Waals surface area contributed by atoms with E-state index in [0.717, 1.165) is 21.3 Å². The monoisotopic (exact) mass is 305 g/mol. The van der Waals surface area contributed by atoms with Gasteiger partial charge in [0.25, 0.3) is 5.91 Å². The number of carbonyl (C=O) groups is 1. The molecule has 0 aliphatic rings. The van der Waals surface area contributed by atoms with Crippen molar-refractivity contribution in [2.75, 3.05) is 5.32 Å². The van der Waals surface area contributed by atoms with Crippen molar-refractivity contribution >= 4 is 27.5 Å². The number of rotatable bonds is 2. The zero-order valence-electron chi connectivity index (χ0n) is 10.1. The van der Waals surface area contributed by atoms with Gasteiger partial charge in [-0.25, -0.2) is 9.97 Å². The Balaban J connectivity index is 2.23. The van der Waals surface area contributed by atoms with E-state index in [1.807, 2.05) is 26.0 Å². The lowest BCUT2D eigenvalue weighted by molar-refractivity contribution is 0.102. The average molecular weight is 306 g/mol. The fourth-order valence-electron chi connectivity index (χ4n) is 1.64. The van der Waals surface area contributed by atoms with E-state index in [1.54, 1.807) is 0 Å². The Morgan fingerprint density at radius 3 is 2.28 bits per heavy atom. The molecule has 0 saturated carbocycles. The van der Waals surface area contributed by atoms with Gasteiger partial charge < -0.3 is 5.32 Å². The molecule has 1 amide bonds. The summed E-state index contributed by atoms with van der Waals surface area (Å²) in [6, 6.07) is 3.83. The molecule has 0 unspecified atom stereocenters. The smallest absolute Gasteiger partial charge is 0.258 e. The fraction of sp³-hybridized carbons (Fsp3) is 0.154. The molecule has 2 rings (SSSR count). The first kappa shape index (κ1) is 12.7. The molecular formula is C13H12BrN3O. The third kappa shape index (κ3) is 2.73. The molecule has 0 bridgehead atoms. The Bertz CT molecular complexity index is 561. The third-order valence-corrected chi connectivity index (χ3v) is 3.77. The number of nitrogens with one attached hydrogen (secondary N) is 1. The first-order valence-corrected chi connectivity index (χ1v) is 6.20. The number of aryl methyl sites for hydroxylation is 2. The second-order valence-corrected chi connectivity index (χ2v) is 4.80. The molecular weight excluding hydrogens is 294 g/mol. The molecule has 0 aliphatic carbocycles. The molecule has 1 aromatic carbocycles. The van der Waals surface area contributed by atoms with E-state index in [-0.39, 0.29) is 5.91 Å². The first-order valence-electron chi connectivity index (χ1n) is 5.41. The van der Waals surface area contributed by atoms with Crippen LogP contribution in [0.4, 0.5) is 5.69 Å². The van der Waals surface area contributed by atoms with E-state index in [1.165, 1.54) is 18.7 Å². The molecule has 2 aromatic rings. The zero-order chi connectivity index (χ0) is 13.1. The summed E-state index contributed by atoms with van der Waals surface area (Å²) < 4.78 is 1.06. The first-order chi connectivity index (χ1) is 8.58. The van der Waals surface area contributed by atoms with Crippen LogP contribution >= 0.6 is 15.9 Å². The van der Waals surface area contributed by atoms with Gasteiger partial charge in [0.1, 0.15) is 6.33 Å². The van der Waals surface area contributed by atoms with Gasteiger partial charge in [-0.05, 0) is 37.1 Å². The fourth-order valence-corrected chi connectivity index (χ4v) is 1.87. The Labute approximate surface area is 114 Å². The zero-order valence-corrected chi connectivity index (χ0v) is 11.7. The van der Waals surface area contributed by atoms with Gasteiger partial charge in [0, 0.05) is 22.6 Å². The van der Waals surface area contributed by atoms with Gasteiger partial charge in [-0.3, -0.25) is 4.79 Å². The van der Waals surface area contributed by atoms with Crippen molar-refractivity contribution in [2.45, 2.75) is 13.8 Å². The minimum atomic E-state index is -0.211. The van der Waals surface area contributed by atoms with Gasteiger partial charge >= 0.3 is 0 Å². The third-order valence-electron chi connectivity index (χ3n) is 2.52.